The number of aryl methyl sites for hydroxylation is 2. The second-order valence-electron chi connectivity index (χ2n) is 7.19. The highest BCUT2D eigenvalue weighted by molar-refractivity contribution is 6.30. The molecule has 2 aromatic rings. The average molecular weight is 420 g/mol. The van der Waals surface area contributed by atoms with Crippen molar-refractivity contribution < 1.29 is 24.5 Å². The van der Waals surface area contributed by atoms with Crippen molar-refractivity contribution in [1.29, 1.82) is 0 Å². The Kier molecular flexibility index (Phi) is 7.75. The van der Waals surface area contributed by atoms with E-state index in [0.717, 1.165) is 29.7 Å². The molecule has 0 saturated carbocycles. The van der Waals surface area contributed by atoms with Gasteiger partial charge in [0.25, 0.3) is 0 Å². The van der Waals surface area contributed by atoms with Crippen LogP contribution in [0.3, 0.4) is 0 Å². The van der Waals surface area contributed by atoms with Gasteiger partial charge < -0.3 is 25.0 Å². The topological polar surface area (TPSA) is 88.0 Å². The molecule has 3 rings (SSSR count). The molecular weight excluding hydrogens is 394 g/mol. The lowest BCUT2D eigenvalue weighted by Gasteiger charge is -2.27. The summed E-state index contributed by atoms with van der Waals surface area (Å²) in [4.78, 5) is 10.7. The van der Waals surface area contributed by atoms with E-state index in [1.807, 2.05) is 18.2 Å². The first-order valence-electron chi connectivity index (χ1n) is 9.77. The molecule has 0 fully saturated rings. The quantitative estimate of drug-likeness (QED) is 0.548. The SMILES string of the molecule is O=C(O)CCc1ccc2c(c1)CCC(CNCC(O)COc1cccc(Cl)c1)O2. The van der Waals surface area contributed by atoms with Gasteiger partial charge in [-0.3, -0.25) is 4.79 Å². The molecule has 2 aromatic carbocycles. The number of carboxylic acid groups (broad SMARTS) is 1. The van der Waals surface area contributed by atoms with E-state index in [-0.39, 0.29) is 19.1 Å². The minimum Gasteiger partial charge on any atom is -0.491 e. The normalized spacial score (nSPS) is 16.6. The van der Waals surface area contributed by atoms with Gasteiger partial charge in [-0.05, 0) is 54.7 Å². The average Bonchev–Trinajstić information content (AvgIpc) is 2.70. The molecule has 0 aromatic heterocycles. The van der Waals surface area contributed by atoms with Crippen LogP contribution >= 0.6 is 11.6 Å². The van der Waals surface area contributed by atoms with Crippen LogP contribution in [-0.2, 0) is 17.6 Å². The van der Waals surface area contributed by atoms with Gasteiger partial charge in [-0.2, -0.15) is 0 Å². The molecule has 0 aliphatic carbocycles. The fraction of sp³-hybridized carbons (Fsp3) is 0.409. The highest BCUT2D eigenvalue weighted by atomic mass is 35.5. The second-order valence-corrected chi connectivity index (χ2v) is 7.63. The molecule has 29 heavy (non-hydrogen) atoms. The Morgan fingerprint density at radius 2 is 2.17 bits per heavy atom. The Morgan fingerprint density at radius 3 is 2.97 bits per heavy atom. The predicted octanol–water partition coefficient (Wildman–Crippen LogP) is 3.08. The fourth-order valence-electron chi connectivity index (χ4n) is 3.27. The van der Waals surface area contributed by atoms with E-state index in [1.165, 1.54) is 0 Å². The Balaban J connectivity index is 1.38. The molecule has 0 saturated heterocycles. The van der Waals surface area contributed by atoms with Crippen LogP contribution in [0.15, 0.2) is 42.5 Å². The number of carbonyl (C=O) groups is 1. The van der Waals surface area contributed by atoms with Gasteiger partial charge in [-0.15, -0.1) is 0 Å². The lowest BCUT2D eigenvalue weighted by molar-refractivity contribution is -0.136. The van der Waals surface area contributed by atoms with Crippen molar-refractivity contribution in [3.05, 3.63) is 58.6 Å². The number of benzene rings is 2. The molecule has 7 heteroatoms. The number of ether oxygens (including phenoxy) is 2. The number of aliphatic hydroxyl groups is 1. The number of rotatable bonds is 10. The molecule has 0 spiro atoms. The Labute approximate surface area is 175 Å². The van der Waals surface area contributed by atoms with Crippen LogP contribution in [0.2, 0.25) is 5.02 Å². The highest BCUT2D eigenvalue weighted by Crippen LogP contribution is 2.28. The molecule has 0 amide bonds. The van der Waals surface area contributed by atoms with Gasteiger partial charge in [0.2, 0.25) is 0 Å². The number of carboxylic acids is 1. The molecule has 1 aliphatic heterocycles. The maximum Gasteiger partial charge on any atom is 0.303 e. The minimum absolute atomic E-state index is 0.0356. The third-order valence-corrected chi connectivity index (χ3v) is 5.01. The summed E-state index contributed by atoms with van der Waals surface area (Å²) in [7, 11) is 0. The zero-order chi connectivity index (χ0) is 20.6. The molecule has 6 nitrogen and oxygen atoms in total. The van der Waals surface area contributed by atoms with E-state index < -0.39 is 12.1 Å². The van der Waals surface area contributed by atoms with Crippen LogP contribution in [0.4, 0.5) is 0 Å². The molecule has 2 atom stereocenters. The Bertz CT molecular complexity index is 829. The van der Waals surface area contributed by atoms with Gasteiger partial charge in [-0.25, -0.2) is 0 Å². The van der Waals surface area contributed by atoms with Gasteiger partial charge in [0.15, 0.2) is 0 Å². The molecule has 2 unspecified atom stereocenters. The summed E-state index contributed by atoms with van der Waals surface area (Å²) >= 11 is 5.91. The van der Waals surface area contributed by atoms with Gasteiger partial charge in [0, 0.05) is 24.5 Å². The second kappa shape index (κ2) is 10.5. The van der Waals surface area contributed by atoms with Crippen LogP contribution in [0.25, 0.3) is 0 Å². The third-order valence-electron chi connectivity index (χ3n) is 4.77. The summed E-state index contributed by atoms with van der Waals surface area (Å²) in [5, 5.41) is 22.7. The maximum atomic E-state index is 10.7. The van der Waals surface area contributed by atoms with Crippen LogP contribution in [0.1, 0.15) is 24.0 Å². The molecule has 1 aliphatic rings. The van der Waals surface area contributed by atoms with Gasteiger partial charge in [-0.1, -0.05) is 29.8 Å². The standard InChI is InChI=1S/C22H26ClNO5/c23-17-2-1-3-19(11-17)28-14-18(25)12-24-13-20-7-6-16-10-15(5-9-22(26)27)4-8-21(16)29-20/h1-4,8,10-11,18,20,24-25H,5-7,9,12-14H2,(H,26,27). The van der Waals surface area contributed by atoms with Gasteiger partial charge in [0.05, 0.1) is 0 Å². The first kappa shape index (κ1) is 21.4. The van der Waals surface area contributed by atoms with Crippen LogP contribution in [0.5, 0.6) is 11.5 Å². The van der Waals surface area contributed by atoms with Crippen LogP contribution in [-0.4, -0.2) is 48.1 Å². The third kappa shape index (κ3) is 6.92. The Morgan fingerprint density at radius 1 is 1.31 bits per heavy atom. The first-order valence-corrected chi connectivity index (χ1v) is 10.1. The smallest absolute Gasteiger partial charge is 0.303 e. The van der Waals surface area contributed by atoms with E-state index in [0.29, 0.717) is 30.3 Å². The predicted molar refractivity (Wildman–Crippen MR) is 111 cm³/mol. The summed E-state index contributed by atoms with van der Waals surface area (Å²) in [6.07, 6.45) is 1.83. The van der Waals surface area contributed by atoms with Crippen LogP contribution < -0.4 is 14.8 Å². The summed E-state index contributed by atoms with van der Waals surface area (Å²) < 4.78 is 11.6. The highest BCUT2D eigenvalue weighted by Gasteiger charge is 2.20. The van der Waals surface area contributed by atoms with Crippen LogP contribution in [0, 0.1) is 0 Å². The number of halogens is 1. The maximum absolute atomic E-state index is 10.7. The van der Waals surface area contributed by atoms with E-state index in [2.05, 4.69) is 5.32 Å². The van der Waals surface area contributed by atoms with Crippen molar-refractivity contribution in [2.75, 3.05) is 19.7 Å². The molecule has 0 bridgehead atoms. The zero-order valence-corrected chi connectivity index (χ0v) is 16.9. The number of nitrogens with one attached hydrogen (secondary N) is 1. The van der Waals surface area contributed by atoms with Crippen molar-refractivity contribution in [1.82, 2.24) is 5.32 Å². The summed E-state index contributed by atoms with van der Waals surface area (Å²) in [5.41, 5.74) is 2.15. The van der Waals surface area contributed by atoms with Gasteiger partial charge >= 0.3 is 5.97 Å². The summed E-state index contributed by atoms with van der Waals surface area (Å²) in [6.45, 7) is 1.22. The van der Waals surface area contributed by atoms with Crippen molar-refractivity contribution in [3.8, 4) is 11.5 Å². The summed E-state index contributed by atoms with van der Waals surface area (Å²) in [5.74, 6) is 0.698. The Hall–Kier alpha value is -2.28. The largest absolute Gasteiger partial charge is 0.491 e. The van der Waals surface area contributed by atoms with E-state index in [1.54, 1.807) is 24.3 Å². The number of fused-ring (bicyclic) bond motifs is 1. The van der Waals surface area contributed by atoms with Gasteiger partial charge in [0.1, 0.15) is 30.3 Å². The van der Waals surface area contributed by atoms with E-state index >= 15 is 0 Å². The van der Waals surface area contributed by atoms with Crippen molar-refractivity contribution >= 4 is 17.6 Å². The molecule has 156 valence electrons. The molecular formula is C22H26ClNO5. The lowest BCUT2D eigenvalue weighted by Crippen LogP contribution is -2.39. The number of hydrogen-bond acceptors (Lipinski definition) is 5. The number of aliphatic carboxylic acids is 1. The first-order chi connectivity index (χ1) is 14.0. The lowest BCUT2D eigenvalue weighted by atomic mass is 9.98. The fourth-order valence-corrected chi connectivity index (χ4v) is 3.45. The van der Waals surface area contributed by atoms with E-state index in [4.69, 9.17) is 26.2 Å². The molecule has 1 heterocycles. The minimum atomic E-state index is -0.787. The molecule has 3 N–H and O–H groups in total. The van der Waals surface area contributed by atoms with Crippen molar-refractivity contribution in [3.63, 3.8) is 0 Å². The number of aliphatic hydroxyl groups excluding tert-OH is 1. The van der Waals surface area contributed by atoms with Crippen molar-refractivity contribution in [2.45, 2.75) is 37.9 Å². The molecule has 0 radical (unpaired) electrons. The monoisotopic (exact) mass is 419 g/mol. The summed E-state index contributed by atoms with van der Waals surface area (Å²) in [6, 6.07) is 13.0. The van der Waals surface area contributed by atoms with Crippen molar-refractivity contribution in [2.24, 2.45) is 0 Å². The van der Waals surface area contributed by atoms with E-state index in [9.17, 15) is 9.90 Å². The zero-order valence-electron chi connectivity index (χ0n) is 16.1. The number of hydrogen-bond donors (Lipinski definition) is 3.